The first-order chi connectivity index (χ1) is 9.06. The predicted octanol–water partition coefficient (Wildman–Crippen LogP) is 0.904. The summed E-state index contributed by atoms with van der Waals surface area (Å²) < 4.78 is 0. The van der Waals surface area contributed by atoms with Crippen LogP contribution in [-0.4, -0.2) is 27.8 Å². The molecule has 1 heterocycles. The quantitative estimate of drug-likeness (QED) is 0.861. The van der Waals surface area contributed by atoms with Gasteiger partial charge in [-0.05, 0) is 25.7 Å². The third-order valence-electron chi connectivity index (χ3n) is 3.30. The van der Waals surface area contributed by atoms with E-state index in [9.17, 15) is 9.59 Å². The van der Waals surface area contributed by atoms with Gasteiger partial charge >= 0.3 is 0 Å². The van der Waals surface area contributed by atoms with Gasteiger partial charge in [-0.1, -0.05) is 11.6 Å². The fourth-order valence-corrected chi connectivity index (χ4v) is 2.38. The van der Waals surface area contributed by atoms with Crippen LogP contribution < -0.4 is 11.1 Å². The molecule has 2 amide bonds. The molecule has 0 aliphatic heterocycles. The molecule has 7 heteroatoms. The Morgan fingerprint density at radius 1 is 1.26 bits per heavy atom. The number of primary amides is 1. The summed E-state index contributed by atoms with van der Waals surface area (Å²) in [5.41, 5.74) is 5.46. The molecule has 0 atom stereocenters. The summed E-state index contributed by atoms with van der Waals surface area (Å²) in [6.45, 7) is 0. The number of carbonyl (C=O) groups is 2. The van der Waals surface area contributed by atoms with Gasteiger partial charge in [-0.15, -0.1) is 0 Å². The molecule has 19 heavy (non-hydrogen) atoms. The summed E-state index contributed by atoms with van der Waals surface area (Å²) in [7, 11) is 0. The summed E-state index contributed by atoms with van der Waals surface area (Å²) in [6.07, 6.45) is 5.65. The van der Waals surface area contributed by atoms with E-state index in [4.69, 9.17) is 17.3 Å². The van der Waals surface area contributed by atoms with Crippen LogP contribution in [0.5, 0.6) is 0 Å². The molecule has 0 spiro atoms. The van der Waals surface area contributed by atoms with Crippen LogP contribution in [0.1, 0.15) is 36.2 Å². The molecule has 0 saturated heterocycles. The van der Waals surface area contributed by atoms with Crippen LogP contribution in [0.3, 0.4) is 0 Å². The van der Waals surface area contributed by atoms with Crippen molar-refractivity contribution in [2.75, 3.05) is 0 Å². The van der Waals surface area contributed by atoms with Gasteiger partial charge in [-0.25, -0.2) is 4.98 Å². The molecular weight excluding hydrogens is 268 g/mol. The van der Waals surface area contributed by atoms with Gasteiger partial charge in [-0.3, -0.25) is 14.6 Å². The number of nitrogens with two attached hydrogens (primary N) is 1. The van der Waals surface area contributed by atoms with Crippen LogP contribution in [0.2, 0.25) is 5.15 Å². The van der Waals surface area contributed by atoms with Crippen molar-refractivity contribution in [1.29, 1.82) is 0 Å². The van der Waals surface area contributed by atoms with Crippen molar-refractivity contribution in [3.05, 3.63) is 23.2 Å². The minimum absolute atomic E-state index is 0.0453. The maximum Gasteiger partial charge on any atom is 0.271 e. The van der Waals surface area contributed by atoms with E-state index in [0.29, 0.717) is 12.8 Å². The Bertz CT molecular complexity index is 486. The van der Waals surface area contributed by atoms with Crippen LogP contribution in [0, 0.1) is 5.92 Å². The molecule has 0 aromatic carbocycles. The van der Waals surface area contributed by atoms with Gasteiger partial charge in [0.15, 0.2) is 0 Å². The molecule has 0 bridgehead atoms. The zero-order chi connectivity index (χ0) is 13.8. The third kappa shape index (κ3) is 3.64. The second kappa shape index (κ2) is 5.97. The summed E-state index contributed by atoms with van der Waals surface area (Å²) in [5.74, 6) is -0.623. The van der Waals surface area contributed by atoms with Crippen molar-refractivity contribution in [2.45, 2.75) is 31.7 Å². The van der Waals surface area contributed by atoms with Crippen LogP contribution in [0.4, 0.5) is 0 Å². The topological polar surface area (TPSA) is 98.0 Å². The molecule has 1 aliphatic carbocycles. The Hall–Kier alpha value is -1.69. The van der Waals surface area contributed by atoms with Crippen molar-refractivity contribution in [2.24, 2.45) is 11.7 Å². The summed E-state index contributed by atoms with van der Waals surface area (Å²) in [5, 5.41) is 3.05. The molecular formula is C12H15ClN4O2. The van der Waals surface area contributed by atoms with Crippen molar-refractivity contribution < 1.29 is 9.59 Å². The minimum atomic E-state index is -0.294. The zero-order valence-electron chi connectivity index (χ0n) is 10.3. The number of nitrogens with zero attached hydrogens (tertiary/aromatic N) is 2. The van der Waals surface area contributed by atoms with Crippen LogP contribution in [0.25, 0.3) is 0 Å². The van der Waals surface area contributed by atoms with E-state index in [2.05, 4.69) is 15.3 Å². The maximum absolute atomic E-state index is 11.9. The Kier molecular flexibility index (Phi) is 4.31. The van der Waals surface area contributed by atoms with Gasteiger partial charge in [0.1, 0.15) is 10.8 Å². The lowest BCUT2D eigenvalue weighted by Crippen LogP contribution is -2.40. The highest BCUT2D eigenvalue weighted by atomic mass is 35.5. The Morgan fingerprint density at radius 2 is 1.95 bits per heavy atom. The predicted molar refractivity (Wildman–Crippen MR) is 69.4 cm³/mol. The standard InChI is InChI=1S/C12H15ClN4O2/c13-10-6-15-5-9(17-10)12(19)16-8-3-1-7(2-4-8)11(14)18/h5-8H,1-4H2,(H2,14,18)(H,16,19). The van der Waals surface area contributed by atoms with Gasteiger partial charge in [0.2, 0.25) is 5.91 Å². The lowest BCUT2D eigenvalue weighted by Gasteiger charge is -2.27. The number of aromatic nitrogens is 2. The highest BCUT2D eigenvalue weighted by molar-refractivity contribution is 6.29. The smallest absolute Gasteiger partial charge is 0.271 e. The summed E-state index contributed by atoms with van der Waals surface area (Å²) in [4.78, 5) is 30.7. The van der Waals surface area contributed by atoms with Gasteiger partial charge in [0, 0.05) is 12.0 Å². The van der Waals surface area contributed by atoms with Crippen LogP contribution >= 0.6 is 11.6 Å². The Balaban J connectivity index is 1.89. The van der Waals surface area contributed by atoms with E-state index < -0.39 is 0 Å². The molecule has 0 radical (unpaired) electrons. The Labute approximate surface area is 115 Å². The number of hydrogen-bond acceptors (Lipinski definition) is 4. The largest absolute Gasteiger partial charge is 0.369 e. The summed E-state index contributed by atoms with van der Waals surface area (Å²) in [6, 6.07) is 0.0453. The van der Waals surface area contributed by atoms with Gasteiger partial charge in [0.05, 0.1) is 12.4 Å². The van der Waals surface area contributed by atoms with E-state index >= 15 is 0 Å². The molecule has 2 rings (SSSR count). The Morgan fingerprint density at radius 3 is 2.53 bits per heavy atom. The number of carbonyl (C=O) groups excluding carboxylic acids is 2. The van der Waals surface area contributed by atoms with Crippen molar-refractivity contribution in [3.63, 3.8) is 0 Å². The van der Waals surface area contributed by atoms with Gasteiger partial charge < -0.3 is 11.1 Å². The summed E-state index contributed by atoms with van der Waals surface area (Å²) >= 11 is 5.68. The normalized spacial score (nSPS) is 22.8. The number of halogens is 1. The first-order valence-corrected chi connectivity index (χ1v) is 6.52. The fraction of sp³-hybridized carbons (Fsp3) is 0.500. The van der Waals surface area contributed by atoms with E-state index in [1.54, 1.807) is 0 Å². The average molecular weight is 283 g/mol. The van der Waals surface area contributed by atoms with E-state index in [-0.39, 0.29) is 34.6 Å². The second-order valence-corrected chi connectivity index (χ2v) is 5.04. The molecule has 1 aliphatic rings. The van der Waals surface area contributed by atoms with Gasteiger partial charge in [0.25, 0.3) is 5.91 Å². The molecule has 1 aromatic rings. The minimum Gasteiger partial charge on any atom is -0.369 e. The van der Waals surface area contributed by atoms with Gasteiger partial charge in [-0.2, -0.15) is 0 Å². The van der Waals surface area contributed by atoms with Crippen molar-refractivity contribution in [1.82, 2.24) is 15.3 Å². The van der Waals surface area contributed by atoms with E-state index in [1.165, 1.54) is 12.4 Å². The molecule has 102 valence electrons. The highest BCUT2D eigenvalue weighted by Gasteiger charge is 2.26. The number of nitrogens with one attached hydrogen (secondary N) is 1. The SMILES string of the molecule is NC(=O)C1CCC(NC(=O)c2cncc(Cl)n2)CC1. The number of hydrogen-bond donors (Lipinski definition) is 2. The zero-order valence-corrected chi connectivity index (χ0v) is 11.1. The molecule has 3 N–H and O–H groups in total. The average Bonchev–Trinajstić information content (AvgIpc) is 2.39. The second-order valence-electron chi connectivity index (χ2n) is 4.65. The lowest BCUT2D eigenvalue weighted by molar-refractivity contribution is -0.122. The van der Waals surface area contributed by atoms with Crippen LogP contribution in [-0.2, 0) is 4.79 Å². The van der Waals surface area contributed by atoms with E-state index in [1.807, 2.05) is 0 Å². The first-order valence-electron chi connectivity index (χ1n) is 6.14. The molecule has 1 saturated carbocycles. The monoisotopic (exact) mass is 282 g/mol. The lowest BCUT2D eigenvalue weighted by atomic mass is 9.85. The number of rotatable bonds is 3. The van der Waals surface area contributed by atoms with Crippen molar-refractivity contribution >= 4 is 23.4 Å². The first kappa shape index (κ1) is 13.7. The van der Waals surface area contributed by atoms with E-state index in [0.717, 1.165) is 12.8 Å². The molecule has 6 nitrogen and oxygen atoms in total. The molecule has 1 fully saturated rings. The highest BCUT2D eigenvalue weighted by Crippen LogP contribution is 2.24. The molecule has 1 aromatic heterocycles. The fourth-order valence-electron chi connectivity index (χ4n) is 2.23. The number of amides is 2. The van der Waals surface area contributed by atoms with Crippen molar-refractivity contribution in [3.8, 4) is 0 Å². The molecule has 0 unspecified atom stereocenters. The maximum atomic E-state index is 11.9. The third-order valence-corrected chi connectivity index (χ3v) is 3.48. The van der Waals surface area contributed by atoms with Crippen LogP contribution in [0.15, 0.2) is 12.4 Å².